The molecule has 7 nitrogen and oxygen atoms in total. The molecule has 2 aromatic rings. The van der Waals surface area contributed by atoms with Gasteiger partial charge in [0.2, 0.25) is 0 Å². The molecule has 0 N–H and O–H groups in total. The summed E-state index contributed by atoms with van der Waals surface area (Å²) in [7, 11) is -0.502. The molecule has 0 saturated heterocycles. The Kier molecular flexibility index (Phi) is 6.04. The predicted octanol–water partition coefficient (Wildman–Crippen LogP) is 2.21. The molecule has 0 aliphatic heterocycles. The minimum absolute atomic E-state index is 0.0965. The zero-order chi connectivity index (χ0) is 19.3. The zero-order valence-corrected chi connectivity index (χ0v) is 15.2. The quantitative estimate of drug-likeness (QED) is 0.682. The molecule has 2 rings (SSSR count). The van der Waals surface area contributed by atoms with Gasteiger partial charge >= 0.3 is 5.97 Å². The lowest BCUT2D eigenvalue weighted by atomic mass is 10.3. The number of rotatable bonds is 7. The Labute approximate surface area is 151 Å². The van der Waals surface area contributed by atoms with E-state index in [9.17, 15) is 17.6 Å². The van der Waals surface area contributed by atoms with Gasteiger partial charge in [-0.3, -0.25) is 9.10 Å². The van der Waals surface area contributed by atoms with Crippen LogP contribution in [0.4, 0.5) is 10.1 Å². The number of esters is 1. The van der Waals surface area contributed by atoms with Crippen LogP contribution in [0.2, 0.25) is 0 Å². The first-order valence-corrected chi connectivity index (χ1v) is 8.85. The van der Waals surface area contributed by atoms with Gasteiger partial charge in [0.05, 0.1) is 31.9 Å². The van der Waals surface area contributed by atoms with Crippen molar-refractivity contribution in [1.29, 1.82) is 0 Å². The van der Waals surface area contributed by atoms with Gasteiger partial charge in [0.15, 0.2) is 11.6 Å². The molecule has 0 bridgehead atoms. The topological polar surface area (TPSA) is 82.1 Å². The molecular formula is C17H18FNO6S. The first kappa shape index (κ1) is 19.5. The van der Waals surface area contributed by atoms with E-state index in [1.165, 1.54) is 32.4 Å². The maximum atomic E-state index is 14.0. The molecule has 26 heavy (non-hydrogen) atoms. The Bertz CT molecular complexity index is 900. The summed E-state index contributed by atoms with van der Waals surface area (Å²) in [6.45, 7) is -0.604. The third-order valence-electron chi connectivity index (χ3n) is 3.57. The van der Waals surface area contributed by atoms with Crippen LogP contribution < -0.4 is 13.8 Å². The van der Waals surface area contributed by atoms with Gasteiger partial charge in [-0.15, -0.1) is 0 Å². The second-order valence-electron chi connectivity index (χ2n) is 5.06. The molecule has 0 spiro atoms. The molecule has 0 fully saturated rings. The van der Waals surface area contributed by atoms with Gasteiger partial charge in [0.25, 0.3) is 10.0 Å². The number of anilines is 1. The van der Waals surface area contributed by atoms with Crippen LogP contribution in [0, 0.1) is 5.82 Å². The number of ether oxygens (including phenoxy) is 3. The average Bonchev–Trinajstić information content (AvgIpc) is 2.65. The van der Waals surface area contributed by atoms with Crippen molar-refractivity contribution in [3.63, 3.8) is 0 Å². The highest BCUT2D eigenvalue weighted by atomic mass is 32.2. The standard InChI is InChI=1S/C17H18FNO6S/c1-23-15-9-8-12(10-13(15)18)26(21,22)19(11-17(20)25-3)14-6-4-5-7-16(14)24-2/h4-10H,11H2,1-3H3. The summed E-state index contributed by atoms with van der Waals surface area (Å²) in [6, 6.07) is 9.47. The van der Waals surface area contributed by atoms with Gasteiger partial charge in [-0.05, 0) is 30.3 Å². The summed E-state index contributed by atoms with van der Waals surface area (Å²) in [6.07, 6.45) is 0. The third-order valence-corrected chi connectivity index (χ3v) is 5.32. The molecule has 9 heteroatoms. The second-order valence-corrected chi connectivity index (χ2v) is 6.92. The van der Waals surface area contributed by atoms with Crippen molar-refractivity contribution in [1.82, 2.24) is 0 Å². The van der Waals surface area contributed by atoms with Crippen molar-refractivity contribution in [2.45, 2.75) is 4.90 Å². The van der Waals surface area contributed by atoms with E-state index in [2.05, 4.69) is 4.74 Å². The van der Waals surface area contributed by atoms with Crippen molar-refractivity contribution < 1.29 is 31.8 Å². The van der Waals surface area contributed by atoms with Crippen LogP contribution in [0.25, 0.3) is 0 Å². The minimum atomic E-state index is -4.28. The Morgan fingerprint density at radius 2 is 1.69 bits per heavy atom. The number of hydrogen-bond donors (Lipinski definition) is 0. The van der Waals surface area contributed by atoms with Crippen LogP contribution in [-0.2, 0) is 19.6 Å². The number of sulfonamides is 1. The van der Waals surface area contributed by atoms with E-state index < -0.39 is 28.4 Å². The van der Waals surface area contributed by atoms with Crippen LogP contribution in [0.3, 0.4) is 0 Å². The first-order valence-electron chi connectivity index (χ1n) is 7.41. The Hall–Kier alpha value is -2.81. The van der Waals surface area contributed by atoms with Crippen molar-refractivity contribution >= 4 is 21.7 Å². The molecule has 0 unspecified atom stereocenters. The zero-order valence-electron chi connectivity index (χ0n) is 14.4. The van der Waals surface area contributed by atoms with E-state index in [0.29, 0.717) is 0 Å². The predicted molar refractivity (Wildman–Crippen MR) is 92.5 cm³/mol. The van der Waals surface area contributed by atoms with Crippen molar-refractivity contribution in [3.8, 4) is 11.5 Å². The molecule has 0 amide bonds. The Morgan fingerprint density at radius 1 is 1.04 bits per heavy atom. The summed E-state index contributed by atoms with van der Waals surface area (Å²) in [5.74, 6) is -1.49. The van der Waals surface area contributed by atoms with Crippen LogP contribution >= 0.6 is 0 Å². The van der Waals surface area contributed by atoms with Gasteiger partial charge in [-0.25, -0.2) is 12.8 Å². The number of halogens is 1. The van der Waals surface area contributed by atoms with Crippen molar-refractivity contribution in [2.24, 2.45) is 0 Å². The molecule has 0 aromatic heterocycles. The van der Waals surface area contributed by atoms with Gasteiger partial charge < -0.3 is 14.2 Å². The third kappa shape index (κ3) is 3.88. The number of hydrogen-bond acceptors (Lipinski definition) is 6. The SMILES string of the molecule is COC(=O)CN(c1ccccc1OC)S(=O)(=O)c1ccc(OC)c(F)c1. The molecule has 0 aliphatic carbocycles. The molecule has 140 valence electrons. The summed E-state index contributed by atoms with van der Waals surface area (Å²) in [4.78, 5) is 11.4. The highest BCUT2D eigenvalue weighted by Gasteiger charge is 2.30. The van der Waals surface area contributed by atoms with Gasteiger partial charge in [0.1, 0.15) is 12.3 Å². The lowest BCUT2D eigenvalue weighted by Crippen LogP contribution is -2.36. The molecule has 2 aromatic carbocycles. The van der Waals surface area contributed by atoms with Gasteiger partial charge in [-0.1, -0.05) is 12.1 Å². The number of para-hydroxylation sites is 2. The highest BCUT2D eigenvalue weighted by molar-refractivity contribution is 7.92. The highest BCUT2D eigenvalue weighted by Crippen LogP contribution is 2.33. The van der Waals surface area contributed by atoms with E-state index in [0.717, 1.165) is 17.5 Å². The maximum absolute atomic E-state index is 14.0. The lowest BCUT2D eigenvalue weighted by Gasteiger charge is -2.25. The van der Waals surface area contributed by atoms with Crippen LogP contribution in [0.15, 0.2) is 47.4 Å². The van der Waals surface area contributed by atoms with Gasteiger partial charge in [-0.2, -0.15) is 0 Å². The first-order chi connectivity index (χ1) is 12.3. The van der Waals surface area contributed by atoms with Gasteiger partial charge in [0, 0.05) is 0 Å². The van der Waals surface area contributed by atoms with E-state index in [1.807, 2.05) is 0 Å². The van der Waals surface area contributed by atoms with Crippen molar-refractivity contribution in [2.75, 3.05) is 32.2 Å². The summed E-state index contributed by atoms with van der Waals surface area (Å²) in [5, 5.41) is 0. The fraction of sp³-hybridized carbons (Fsp3) is 0.235. The van der Waals surface area contributed by atoms with E-state index in [-0.39, 0.29) is 22.1 Å². The molecule has 0 radical (unpaired) electrons. The maximum Gasteiger partial charge on any atom is 0.326 e. The van der Waals surface area contributed by atoms with Crippen LogP contribution in [0.5, 0.6) is 11.5 Å². The van der Waals surface area contributed by atoms with Crippen LogP contribution in [0.1, 0.15) is 0 Å². The van der Waals surface area contributed by atoms with E-state index >= 15 is 0 Å². The molecular weight excluding hydrogens is 365 g/mol. The summed E-state index contributed by atoms with van der Waals surface area (Å²) < 4.78 is 55.5. The fourth-order valence-corrected chi connectivity index (χ4v) is 3.68. The van der Waals surface area contributed by atoms with E-state index in [4.69, 9.17) is 9.47 Å². The number of benzene rings is 2. The monoisotopic (exact) mass is 383 g/mol. The largest absolute Gasteiger partial charge is 0.495 e. The lowest BCUT2D eigenvalue weighted by molar-refractivity contribution is -0.138. The average molecular weight is 383 g/mol. The van der Waals surface area contributed by atoms with Crippen molar-refractivity contribution in [3.05, 3.63) is 48.3 Å². The molecule has 0 heterocycles. The summed E-state index contributed by atoms with van der Waals surface area (Å²) >= 11 is 0. The normalized spacial score (nSPS) is 10.9. The van der Waals surface area contributed by atoms with E-state index in [1.54, 1.807) is 18.2 Å². The molecule has 0 saturated carbocycles. The Morgan fingerprint density at radius 3 is 2.27 bits per heavy atom. The van der Waals surface area contributed by atoms with Crippen LogP contribution in [-0.4, -0.2) is 42.3 Å². The Balaban J connectivity index is 2.60. The number of methoxy groups -OCH3 is 3. The number of carbonyl (C=O) groups excluding carboxylic acids is 1. The minimum Gasteiger partial charge on any atom is -0.495 e. The molecule has 0 atom stereocenters. The summed E-state index contributed by atoms with van der Waals surface area (Å²) in [5.41, 5.74) is 0.122. The molecule has 0 aliphatic rings. The fourth-order valence-electron chi connectivity index (χ4n) is 2.25. The smallest absolute Gasteiger partial charge is 0.326 e. The number of carbonyl (C=O) groups is 1. The second kappa shape index (κ2) is 8.05. The number of nitrogens with zero attached hydrogens (tertiary/aromatic N) is 1.